The van der Waals surface area contributed by atoms with Crippen molar-refractivity contribution in [2.45, 2.75) is 0 Å². The van der Waals surface area contributed by atoms with Crippen molar-refractivity contribution in [2.75, 3.05) is 9.80 Å². The average Bonchev–Trinajstić information content (AvgIpc) is 3.95. The fourth-order valence-corrected chi connectivity index (χ4v) is 9.48. The number of benzene rings is 10. The Balaban J connectivity index is 1.01. The smallest absolute Gasteiger partial charge is 0.136 e. The quantitative estimate of drug-likeness (QED) is 0.145. The van der Waals surface area contributed by atoms with Crippen molar-refractivity contribution in [2.24, 2.45) is 0 Å². The van der Waals surface area contributed by atoms with E-state index in [0.29, 0.717) is 0 Å². The van der Waals surface area contributed by atoms with Crippen molar-refractivity contribution in [3.05, 3.63) is 249 Å². The minimum atomic E-state index is 0.839. The van der Waals surface area contributed by atoms with Gasteiger partial charge in [0.2, 0.25) is 0 Å². The molecule has 0 radical (unpaired) electrons. The zero-order chi connectivity index (χ0) is 42.4. The van der Waals surface area contributed by atoms with E-state index in [-0.39, 0.29) is 0 Å². The highest BCUT2D eigenvalue weighted by Gasteiger charge is 2.22. The summed E-state index contributed by atoms with van der Waals surface area (Å²) in [5.41, 5.74) is 13.0. The number of furan rings is 1. The van der Waals surface area contributed by atoms with Crippen molar-refractivity contribution in [3.63, 3.8) is 0 Å². The number of rotatable bonds is 9. The normalized spacial score (nSPS) is 11.4. The van der Waals surface area contributed by atoms with E-state index in [1.165, 1.54) is 10.8 Å². The monoisotopic (exact) mass is 819 g/mol. The van der Waals surface area contributed by atoms with Crippen LogP contribution in [0.4, 0.5) is 34.1 Å². The zero-order valence-corrected chi connectivity index (χ0v) is 34.9. The van der Waals surface area contributed by atoms with E-state index in [2.05, 4.69) is 263 Å². The molecule has 0 spiro atoms. The lowest BCUT2D eigenvalue weighted by atomic mass is 9.99. The van der Waals surface area contributed by atoms with Crippen LogP contribution in [0.5, 0.6) is 0 Å². The molecule has 12 aromatic rings. The molecule has 2 aromatic heterocycles. The van der Waals surface area contributed by atoms with E-state index >= 15 is 0 Å². The fourth-order valence-electron chi connectivity index (χ4n) is 9.48. The number of anilines is 6. The Bertz CT molecular complexity index is 3520. The molecule has 4 heteroatoms. The first kappa shape index (κ1) is 37.2. The van der Waals surface area contributed by atoms with E-state index in [9.17, 15) is 0 Å². The summed E-state index contributed by atoms with van der Waals surface area (Å²) in [4.78, 5) is 4.68. The molecule has 0 atom stereocenters. The van der Waals surface area contributed by atoms with Crippen LogP contribution in [0.1, 0.15) is 0 Å². The maximum absolute atomic E-state index is 6.87. The maximum atomic E-state index is 6.87. The Morgan fingerprint density at radius 1 is 0.328 bits per heavy atom. The highest BCUT2D eigenvalue weighted by atomic mass is 16.3. The van der Waals surface area contributed by atoms with Gasteiger partial charge in [-0.1, -0.05) is 146 Å². The maximum Gasteiger partial charge on any atom is 0.136 e. The van der Waals surface area contributed by atoms with E-state index in [1.54, 1.807) is 0 Å². The molecule has 64 heavy (non-hydrogen) atoms. The molecule has 10 aromatic carbocycles. The van der Waals surface area contributed by atoms with Crippen molar-refractivity contribution >= 4 is 77.5 Å². The first-order chi connectivity index (χ1) is 31.8. The third kappa shape index (κ3) is 6.40. The van der Waals surface area contributed by atoms with Crippen molar-refractivity contribution in [3.8, 4) is 28.3 Å². The highest BCUT2D eigenvalue weighted by molar-refractivity contribution is 6.10. The summed E-state index contributed by atoms with van der Waals surface area (Å²) in [6, 6.07) is 88.5. The fraction of sp³-hybridized carbons (Fsp3) is 0. The largest absolute Gasteiger partial charge is 0.456 e. The molecule has 302 valence electrons. The molecule has 0 N–H and O–H groups in total. The molecule has 0 aliphatic carbocycles. The van der Waals surface area contributed by atoms with E-state index < -0.39 is 0 Å². The van der Waals surface area contributed by atoms with Gasteiger partial charge in [0.05, 0.1) is 22.6 Å². The summed E-state index contributed by atoms with van der Waals surface area (Å²) in [6.07, 6.45) is 0. The minimum Gasteiger partial charge on any atom is -0.456 e. The summed E-state index contributed by atoms with van der Waals surface area (Å²) in [6.45, 7) is 0. The Morgan fingerprint density at radius 2 is 0.750 bits per heavy atom. The van der Waals surface area contributed by atoms with Gasteiger partial charge in [-0.25, -0.2) is 0 Å². The van der Waals surface area contributed by atoms with Gasteiger partial charge in [-0.2, -0.15) is 0 Å². The molecule has 0 unspecified atom stereocenters. The zero-order valence-electron chi connectivity index (χ0n) is 34.9. The van der Waals surface area contributed by atoms with Crippen molar-refractivity contribution < 1.29 is 4.42 Å². The van der Waals surface area contributed by atoms with Gasteiger partial charge in [-0.05, 0) is 114 Å². The second kappa shape index (κ2) is 15.7. The molecule has 0 saturated carbocycles. The summed E-state index contributed by atoms with van der Waals surface area (Å²) in [5, 5.41) is 6.78. The molecule has 4 nitrogen and oxygen atoms in total. The number of hydrogen-bond donors (Lipinski definition) is 0. The summed E-state index contributed by atoms with van der Waals surface area (Å²) < 4.78 is 9.27. The summed E-state index contributed by atoms with van der Waals surface area (Å²) in [5.74, 6) is 0.839. The first-order valence-electron chi connectivity index (χ1n) is 21.8. The molecule has 0 aliphatic heterocycles. The molecule has 2 heterocycles. The van der Waals surface area contributed by atoms with Crippen molar-refractivity contribution in [1.29, 1.82) is 0 Å². The second-order valence-electron chi connectivity index (χ2n) is 16.1. The van der Waals surface area contributed by atoms with Gasteiger partial charge in [-0.3, -0.25) is 0 Å². The molecule has 12 rings (SSSR count). The van der Waals surface area contributed by atoms with Gasteiger partial charge in [0, 0.05) is 61.1 Å². The number of para-hydroxylation sites is 5. The highest BCUT2D eigenvalue weighted by Crippen LogP contribution is 2.46. The van der Waals surface area contributed by atoms with Gasteiger partial charge >= 0.3 is 0 Å². The Labute approximate surface area is 371 Å². The third-order valence-corrected chi connectivity index (χ3v) is 12.3. The van der Waals surface area contributed by atoms with E-state index in [4.69, 9.17) is 4.42 Å². The lowest BCUT2D eigenvalue weighted by molar-refractivity contribution is 0.633. The standard InChI is InChI=1S/C60H41N3O/c1-6-20-44(21-7-1)61(45-22-8-2-9-23-45)55-36-34-53(49-30-16-18-32-51(49)55)58-38-42-40-59-43(39-57(42)63(58)48-28-14-5-15-29-48)41-60(64-59)54-35-37-56(52-33-19-17-31-50(52)54)62(46-24-10-3-11-25-46)47-26-12-4-13-27-47/h1-41H. The van der Waals surface area contributed by atoms with Gasteiger partial charge in [0.1, 0.15) is 11.3 Å². The Hall–Kier alpha value is -8.60. The molecule has 0 amide bonds. The summed E-state index contributed by atoms with van der Waals surface area (Å²) >= 11 is 0. The lowest BCUT2D eigenvalue weighted by Crippen LogP contribution is -2.10. The number of nitrogens with zero attached hydrogens (tertiary/aromatic N) is 3. The topological polar surface area (TPSA) is 24.6 Å². The number of aromatic nitrogens is 1. The van der Waals surface area contributed by atoms with Crippen molar-refractivity contribution in [1.82, 2.24) is 4.57 Å². The van der Waals surface area contributed by atoms with Crippen LogP contribution in [0.3, 0.4) is 0 Å². The van der Waals surface area contributed by atoms with Crippen LogP contribution in [0.2, 0.25) is 0 Å². The predicted molar refractivity (Wildman–Crippen MR) is 268 cm³/mol. The third-order valence-electron chi connectivity index (χ3n) is 12.3. The molecule has 0 aliphatic rings. The van der Waals surface area contributed by atoms with Gasteiger partial charge in [-0.15, -0.1) is 0 Å². The molecule has 0 fully saturated rings. The lowest BCUT2D eigenvalue weighted by Gasteiger charge is -2.27. The minimum absolute atomic E-state index is 0.839. The summed E-state index contributed by atoms with van der Waals surface area (Å²) in [7, 11) is 0. The van der Waals surface area contributed by atoms with E-state index in [1.807, 2.05) is 0 Å². The van der Waals surface area contributed by atoms with Gasteiger partial charge in [0.25, 0.3) is 0 Å². The molecule has 0 saturated heterocycles. The predicted octanol–water partition coefficient (Wildman–Crippen LogP) is 17.0. The van der Waals surface area contributed by atoms with Gasteiger partial charge < -0.3 is 18.8 Å². The van der Waals surface area contributed by atoms with Crippen LogP contribution >= 0.6 is 0 Å². The molecular formula is C60H41N3O. The second-order valence-corrected chi connectivity index (χ2v) is 16.1. The first-order valence-corrected chi connectivity index (χ1v) is 21.8. The SMILES string of the molecule is c1ccc(N(c2ccccc2)c2ccc(-c3cc4cc5c(cc(-c6ccc(N(c7ccccc7)c7ccccc7)c7ccccc67)n5-c5ccccc5)cc4o3)c3ccccc23)cc1. The number of hydrogen-bond acceptors (Lipinski definition) is 3. The van der Waals surface area contributed by atoms with Crippen LogP contribution in [0.15, 0.2) is 253 Å². The average molecular weight is 820 g/mol. The Kier molecular flexibility index (Phi) is 9.12. The Morgan fingerprint density at radius 3 is 1.25 bits per heavy atom. The van der Waals surface area contributed by atoms with Gasteiger partial charge in [0.15, 0.2) is 0 Å². The van der Waals surface area contributed by atoms with Crippen LogP contribution in [0.25, 0.3) is 71.7 Å². The number of fused-ring (bicyclic) bond motifs is 4. The van der Waals surface area contributed by atoms with Crippen LogP contribution in [0, 0.1) is 0 Å². The van der Waals surface area contributed by atoms with Crippen LogP contribution < -0.4 is 9.80 Å². The van der Waals surface area contributed by atoms with Crippen LogP contribution in [-0.2, 0) is 0 Å². The van der Waals surface area contributed by atoms with Crippen LogP contribution in [-0.4, -0.2) is 4.57 Å². The van der Waals surface area contributed by atoms with E-state index in [0.717, 1.165) is 95.0 Å². The molecular weight excluding hydrogens is 779 g/mol. The molecule has 0 bridgehead atoms.